The summed E-state index contributed by atoms with van der Waals surface area (Å²) in [6.07, 6.45) is 1.69. The van der Waals surface area contributed by atoms with Gasteiger partial charge in [0.25, 0.3) is 0 Å². The number of hydrogen-bond donors (Lipinski definition) is 1. The smallest absolute Gasteiger partial charge is 0.146 e. The number of para-hydroxylation sites is 1. The minimum absolute atomic E-state index is 0.170. The molecule has 0 saturated carbocycles. The van der Waals surface area contributed by atoms with Gasteiger partial charge in [0.05, 0.1) is 5.69 Å². The normalized spacial score (nSPS) is 10.3. The average Bonchev–Trinajstić information content (AvgIpc) is 2.24. The van der Waals surface area contributed by atoms with Crippen molar-refractivity contribution in [3.63, 3.8) is 0 Å². The molecule has 15 heavy (non-hydrogen) atoms. The molecule has 3 heteroatoms. The summed E-state index contributed by atoms with van der Waals surface area (Å²) in [5, 5.41) is 0. The van der Waals surface area contributed by atoms with E-state index in [1.807, 2.05) is 19.1 Å². The van der Waals surface area contributed by atoms with Gasteiger partial charge in [-0.15, -0.1) is 0 Å². The summed E-state index contributed by atoms with van der Waals surface area (Å²) in [7, 11) is 0. The highest BCUT2D eigenvalue weighted by Gasteiger charge is 2.06. The highest BCUT2D eigenvalue weighted by molar-refractivity contribution is 5.75. The number of rotatable bonds is 1. The Balaban J connectivity index is 2.54. The molecule has 2 N–H and O–H groups in total. The lowest BCUT2D eigenvalue weighted by molar-refractivity contribution is 0.633. The van der Waals surface area contributed by atoms with Crippen molar-refractivity contribution in [3.8, 4) is 11.1 Å². The van der Waals surface area contributed by atoms with Crippen LogP contribution in [0.15, 0.2) is 36.5 Å². The van der Waals surface area contributed by atoms with Crippen LogP contribution < -0.4 is 5.73 Å². The quantitative estimate of drug-likeness (QED) is 0.722. The predicted molar refractivity (Wildman–Crippen MR) is 58.8 cm³/mol. The van der Waals surface area contributed by atoms with Gasteiger partial charge in [0.2, 0.25) is 0 Å². The maximum atomic E-state index is 13.2. The fraction of sp³-hybridized carbons (Fsp3) is 0.0833. The molecule has 2 aromatic rings. The Morgan fingerprint density at radius 3 is 2.67 bits per heavy atom. The van der Waals surface area contributed by atoms with Crippen LogP contribution in [-0.4, -0.2) is 4.98 Å². The van der Waals surface area contributed by atoms with Gasteiger partial charge in [-0.2, -0.15) is 0 Å². The number of nitrogens with two attached hydrogens (primary N) is 1. The fourth-order valence-corrected chi connectivity index (χ4v) is 1.42. The molecule has 0 saturated heterocycles. The first-order valence-corrected chi connectivity index (χ1v) is 4.65. The van der Waals surface area contributed by atoms with E-state index in [1.165, 1.54) is 6.07 Å². The van der Waals surface area contributed by atoms with E-state index in [0.717, 1.165) is 11.3 Å². The molecule has 2 nitrogen and oxygen atoms in total. The SMILES string of the molecule is Cc1ccc(-c2cccc(F)c2N)cn1. The molecule has 0 radical (unpaired) electrons. The Kier molecular flexibility index (Phi) is 2.37. The maximum absolute atomic E-state index is 13.2. The first-order chi connectivity index (χ1) is 7.18. The molecule has 0 aliphatic rings. The van der Waals surface area contributed by atoms with Crippen molar-refractivity contribution in [2.45, 2.75) is 6.92 Å². The van der Waals surface area contributed by atoms with Crippen LogP contribution in [-0.2, 0) is 0 Å². The van der Waals surface area contributed by atoms with Crippen molar-refractivity contribution in [2.24, 2.45) is 0 Å². The third-order valence-corrected chi connectivity index (χ3v) is 2.28. The molecule has 1 heterocycles. The molecule has 0 aliphatic heterocycles. The minimum Gasteiger partial charge on any atom is -0.396 e. The Hall–Kier alpha value is -1.90. The van der Waals surface area contributed by atoms with Gasteiger partial charge in [-0.1, -0.05) is 18.2 Å². The van der Waals surface area contributed by atoms with Crippen molar-refractivity contribution in [2.75, 3.05) is 5.73 Å². The van der Waals surface area contributed by atoms with E-state index in [1.54, 1.807) is 18.3 Å². The molecule has 1 aromatic carbocycles. The van der Waals surface area contributed by atoms with Crippen molar-refractivity contribution in [1.29, 1.82) is 0 Å². The summed E-state index contributed by atoms with van der Waals surface area (Å²) in [4.78, 5) is 4.15. The first-order valence-electron chi connectivity index (χ1n) is 4.65. The molecule has 0 bridgehead atoms. The summed E-state index contributed by atoms with van der Waals surface area (Å²) in [5.41, 5.74) is 8.26. The van der Waals surface area contributed by atoms with Crippen LogP contribution >= 0.6 is 0 Å². The Labute approximate surface area is 87.6 Å². The predicted octanol–water partition coefficient (Wildman–Crippen LogP) is 2.78. The topological polar surface area (TPSA) is 38.9 Å². The summed E-state index contributed by atoms with van der Waals surface area (Å²) in [5.74, 6) is -0.395. The van der Waals surface area contributed by atoms with Crippen molar-refractivity contribution >= 4 is 5.69 Å². The molecule has 76 valence electrons. The molecule has 0 amide bonds. The lowest BCUT2D eigenvalue weighted by atomic mass is 10.1. The largest absolute Gasteiger partial charge is 0.396 e. The van der Waals surface area contributed by atoms with Crippen molar-refractivity contribution < 1.29 is 4.39 Å². The zero-order chi connectivity index (χ0) is 10.8. The maximum Gasteiger partial charge on any atom is 0.146 e. The molecule has 0 unspecified atom stereocenters. The summed E-state index contributed by atoms with van der Waals surface area (Å²) in [6, 6.07) is 8.53. The molecule has 0 spiro atoms. The van der Waals surface area contributed by atoms with E-state index >= 15 is 0 Å². The first kappa shape index (κ1) is 9.65. The van der Waals surface area contributed by atoms with Crippen LogP contribution in [0, 0.1) is 12.7 Å². The van der Waals surface area contributed by atoms with Gasteiger partial charge in [-0.05, 0) is 19.1 Å². The van der Waals surface area contributed by atoms with E-state index in [0.29, 0.717) is 5.56 Å². The van der Waals surface area contributed by atoms with Gasteiger partial charge in [0, 0.05) is 23.0 Å². The number of aryl methyl sites for hydroxylation is 1. The van der Waals surface area contributed by atoms with E-state index < -0.39 is 5.82 Å². The Morgan fingerprint density at radius 2 is 2.00 bits per heavy atom. The zero-order valence-corrected chi connectivity index (χ0v) is 8.37. The number of aromatic nitrogens is 1. The van der Waals surface area contributed by atoms with E-state index in [2.05, 4.69) is 4.98 Å². The Morgan fingerprint density at radius 1 is 1.20 bits per heavy atom. The van der Waals surface area contributed by atoms with Crippen molar-refractivity contribution in [1.82, 2.24) is 4.98 Å². The molecule has 2 rings (SSSR count). The summed E-state index contributed by atoms with van der Waals surface area (Å²) < 4.78 is 13.2. The van der Waals surface area contributed by atoms with E-state index in [-0.39, 0.29) is 5.69 Å². The number of anilines is 1. The summed E-state index contributed by atoms with van der Waals surface area (Å²) in [6.45, 7) is 1.90. The van der Waals surface area contributed by atoms with Crippen LogP contribution in [0.25, 0.3) is 11.1 Å². The number of halogens is 1. The fourth-order valence-electron chi connectivity index (χ4n) is 1.42. The van der Waals surface area contributed by atoms with Gasteiger partial charge in [0.15, 0.2) is 0 Å². The second-order valence-electron chi connectivity index (χ2n) is 3.39. The molecule has 0 atom stereocenters. The molecular weight excluding hydrogens is 191 g/mol. The van der Waals surface area contributed by atoms with Crippen LogP contribution in [0.1, 0.15) is 5.69 Å². The number of benzene rings is 1. The number of hydrogen-bond acceptors (Lipinski definition) is 2. The van der Waals surface area contributed by atoms with Crippen LogP contribution in [0.4, 0.5) is 10.1 Å². The van der Waals surface area contributed by atoms with E-state index in [4.69, 9.17) is 5.73 Å². The van der Waals surface area contributed by atoms with Gasteiger partial charge in [-0.3, -0.25) is 4.98 Å². The van der Waals surface area contributed by atoms with Gasteiger partial charge >= 0.3 is 0 Å². The molecule has 1 aromatic heterocycles. The van der Waals surface area contributed by atoms with Crippen LogP contribution in [0.5, 0.6) is 0 Å². The second kappa shape index (κ2) is 3.69. The second-order valence-corrected chi connectivity index (χ2v) is 3.39. The van der Waals surface area contributed by atoms with Gasteiger partial charge in [-0.25, -0.2) is 4.39 Å². The highest BCUT2D eigenvalue weighted by Crippen LogP contribution is 2.26. The number of nitrogens with zero attached hydrogens (tertiary/aromatic N) is 1. The number of pyridine rings is 1. The third kappa shape index (κ3) is 1.81. The Bertz CT molecular complexity index is 477. The van der Waals surface area contributed by atoms with E-state index in [9.17, 15) is 4.39 Å². The highest BCUT2D eigenvalue weighted by atomic mass is 19.1. The number of nitrogen functional groups attached to an aromatic ring is 1. The summed E-state index contributed by atoms with van der Waals surface area (Å²) >= 11 is 0. The lowest BCUT2D eigenvalue weighted by Gasteiger charge is -2.06. The van der Waals surface area contributed by atoms with Crippen molar-refractivity contribution in [3.05, 3.63) is 48.0 Å². The average molecular weight is 202 g/mol. The van der Waals surface area contributed by atoms with Crippen LogP contribution in [0.2, 0.25) is 0 Å². The van der Waals surface area contributed by atoms with Gasteiger partial charge < -0.3 is 5.73 Å². The monoisotopic (exact) mass is 202 g/mol. The standard InChI is InChI=1S/C12H11FN2/c1-8-5-6-9(7-15-8)10-3-2-4-11(13)12(10)14/h2-7H,14H2,1H3. The molecule has 0 fully saturated rings. The van der Waals surface area contributed by atoms with Gasteiger partial charge in [0.1, 0.15) is 5.82 Å². The third-order valence-electron chi connectivity index (χ3n) is 2.28. The van der Waals surface area contributed by atoms with Crippen LogP contribution in [0.3, 0.4) is 0 Å². The molecular formula is C12H11FN2. The minimum atomic E-state index is -0.395. The molecule has 0 aliphatic carbocycles. The zero-order valence-electron chi connectivity index (χ0n) is 8.37. The lowest BCUT2D eigenvalue weighted by Crippen LogP contribution is -1.94.